The Morgan fingerprint density at radius 3 is 0.963 bits per heavy atom. The molecule has 10 N–H and O–H groups in total. The molecule has 0 aliphatic heterocycles. The van der Waals surface area contributed by atoms with E-state index in [1.54, 1.807) is 0 Å². The van der Waals surface area contributed by atoms with E-state index in [1.165, 1.54) is 0 Å². The van der Waals surface area contributed by atoms with E-state index in [4.69, 9.17) is 51.1 Å². The molecule has 0 heterocycles. The van der Waals surface area contributed by atoms with Gasteiger partial charge in [0.15, 0.2) is 0 Å². The zero-order valence-electron chi connectivity index (χ0n) is 13.8. The Bertz CT molecular complexity index is 385. The van der Waals surface area contributed by atoms with Crippen LogP contribution < -0.4 is 10.2 Å². The quantitative estimate of drug-likeness (QED) is 0.144. The second kappa shape index (κ2) is 15.7. The van der Waals surface area contributed by atoms with Crippen LogP contribution in [0.15, 0.2) is 0 Å². The number of carboxylic acids is 2. The third-order valence-corrected chi connectivity index (χ3v) is 2.99. The molecule has 14 nitrogen and oxygen atoms in total. The summed E-state index contributed by atoms with van der Waals surface area (Å²) >= 11 is 0. The van der Waals surface area contributed by atoms with Gasteiger partial charge in [-0.2, -0.15) is 0 Å². The van der Waals surface area contributed by atoms with E-state index in [0.29, 0.717) is 0 Å². The fraction of sp³-hybridized carbons (Fsp3) is 0.833. The number of rotatable bonds is 10. The molecule has 0 fully saturated rings. The van der Waals surface area contributed by atoms with Crippen LogP contribution in [0, 0.1) is 0 Å². The molecule has 0 aromatic heterocycles. The third kappa shape index (κ3) is 11.4. The number of carboxylic acid groups (broad SMARTS) is 2. The van der Waals surface area contributed by atoms with Gasteiger partial charge in [-0.05, 0) is 0 Å². The average molecular weight is 430 g/mol. The predicted octanol–water partition coefficient (Wildman–Crippen LogP) is -10.0. The summed E-state index contributed by atoms with van der Waals surface area (Å²) in [5.74, 6) is -3.95. The van der Waals surface area contributed by atoms with Gasteiger partial charge in [0.1, 0.15) is 48.8 Å². The maximum Gasteiger partial charge on any atom is 2.00 e. The molecule has 27 heavy (non-hydrogen) atoms. The van der Waals surface area contributed by atoms with E-state index < -0.39 is 74.0 Å². The third-order valence-electron chi connectivity index (χ3n) is 2.99. The summed E-state index contributed by atoms with van der Waals surface area (Å²) in [7, 11) is 0. The van der Waals surface area contributed by atoms with Crippen molar-refractivity contribution in [3.05, 3.63) is 0 Å². The van der Waals surface area contributed by atoms with Crippen molar-refractivity contribution in [3.63, 3.8) is 0 Å². The Kier molecular flexibility index (Phi) is 18.3. The first kappa shape index (κ1) is 31.5. The molecule has 0 spiro atoms. The number of carbonyl (C=O) groups excluding carboxylic acids is 2. The van der Waals surface area contributed by atoms with E-state index in [-0.39, 0.29) is 37.7 Å². The minimum Gasteiger partial charge on any atom is -0.547 e. The van der Waals surface area contributed by atoms with Crippen molar-refractivity contribution in [3.8, 4) is 0 Å². The van der Waals surface area contributed by atoms with Crippen LogP contribution in [0.4, 0.5) is 0 Å². The van der Waals surface area contributed by atoms with Gasteiger partial charge in [0.2, 0.25) is 0 Å². The maximum atomic E-state index is 9.98. The molecule has 0 radical (unpaired) electrons. The molecule has 0 aromatic rings. The number of carbonyl (C=O) groups is 2. The van der Waals surface area contributed by atoms with Crippen LogP contribution in [0.1, 0.15) is 0 Å². The normalized spacial score (nSPS) is 19.6. The first-order valence-corrected chi connectivity index (χ1v) is 6.91. The number of hydrogen-bond donors (Lipinski definition) is 10. The second-order valence-corrected chi connectivity index (χ2v) is 4.99. The Balaban J connectivity index is -0.000000411. The van der Waals surface area contributed by atoms with Gasteiger partial charge in [0.05, 0.1) is 25.2 Å². The number of hydrogen-bond acceptors (Lipinski definition) is 14. The number of aliphatic hydroxyl groups is 10. The van der Waals surface area contributed by atoms with E-state index in [2.05, 4.69) is 0 Å². The fourth-order valence-electron chi connectivity index (χ4n) is 1.32. The van der Waals surface area contributed by atoms with Crippen molar-refractivity contribution in [1.82, 2.24) is 0 Å². The maximum absolute atomic E-state index is 9.98. The second-order valence-electron chi connectivity index (χ2n) is 4.99. The van der Waals surface area contributed by atoms with E-state index in [9.17, 15) is 19.8 Å². The molecule has 0 rings (SSSR count). The molecule has 0 amide bonds. The van der Waals surface area contributed by atoms with Crippen LogP contribution in [0.5, 0.6) is 0 Å². The van der Waals surface area contributed by atoms with Crippen LogP contribution in [-0.4, -0.2) is 163 Å². The van der Waals surface area contributed by atoms with Crippen LogP contribution in [0.25, 0.3) is 0 Å². The minimum atomic E-state index is -2.31. The van der Waals surface area contributed by atoms with Crippen LogP contribution in [-0.2, 0) is 9.59 Å². The summed E-state index contributed by atoms with van der Waals surface area (Å²) in [6.07, 6.45) is -16.2. The zero-order valence-corrected chi connectivity index (χ0v) is 16.1. The summed E-state index contributed by atoms with van der Waals surface area (Å²) in [5.41, 5.74) is 0. The monoisotopic (exact) mass is 430 g/mol. The van der Waals surface area contributed by atoms with E-state index in [0.717, 1.165) is 0 Å². The van der Waals surface area contributed by atoms with Crippen molar-refractivity contribution in [2.75, 3.05) is 13.2 Å². The molecule has 15 heteroatoms. The summed E-state index contributed by atoms with van der Waals surface area (Å²) in [5, 5.41) is 107. The summed E-state index contributed by atoms with van der Waals surface area (Å²) in [6.45, 7) is -1.73. The van der Waals surface area contributed by atoms with Crippen molar-refractivity contribution < 1.29 is 70.9 Å². The Hall–Kier alpha value is -0.200. The largest absolute Gasteiger partial charge is 2.00 e. The van der Waals surface area contributed by atoms with Crippen molar-refractivity contribution in [1.29, 1.82) is 0 Å². The topological polar surface area (TPSA) is 283 Å². The SMILES string of the molecule is O=C([O-])[C@@H](O)[C@@H](O)[C@H](O)[C@@H](O)CO.O=C([O-])[C@@H](O)[C@@H](O)[C@H](O)[C@@H](O)CO.[Ca+2]. The van der Waals surface area contributed by atoms with Crippen molar-refractivity contribution in [2.24, 2.45) is 0 Å². The van der Waals surface area contributed by atoms with Crippen LogP contribution in [0.2, 0.25) is 0 Å². The van der Waals surface area contributed by atoms with Gasteiger partial charge in [0, 0.05) is 0 Å². The first-order chi connectivity index (χ1) is 11.8. The molecule has 0 aliphatic carbocycles. The van der Waals surface area contributed by atoms with Gasteiger partial charge in [-0.1, -0.05) is 0 Å². The van der Waals surface area contributed by atoms with Crippen molar-refractivity contribution in [2.45, 2.75) is 48.8 Å². The molecule has 0 aromatic carbocycles. The molecule has 0 unspecified atom stereocenters. The molecular formula is C12H22CaO14. The molecule has 0 bridgehead atoms. The number of aliphatic hydroxyl groups excluding tert-OH is 10. The Morgan fingerprint density at radius 1 is 0.593 bits per heavy atom. The van der Waals surface area contributed by atoms with E-state index in [1.807, 2.05) is 0 Å². The van der Waals surface area contributed by atoms with Gasteiger partial charge in [0.25, 0.3) is 0 Å². The zero-order chi connectivity index (χ0) is 21.2. The first-order valence-electron chi connectivity index (χ1n) is 6.91. The summed E-state index contributed by atoms with van der Waals surface area (Å²) in [4.78, 5) is 20.0. The van der Waals surface area contributed by atoms with Gasteiger partial charge in [-0.25, -0.2) is 0 Å². The van der Waals surface area contributed by atoms with Crippen LogP contribution in [0.3, 0.4) is 0 Å². The van der Waals surface area contributed by atoms with Gasteiger partial charge in [-0.3, -0.25) is 0 Å². The minimum absolute atomic E-state index is 0. The summed E-state index contributed by atoms with van der Waals surface area (Å²) in [6, 6.07) is 0. The molecule has 156 valence electrons. The molecule has 8 atom stereocenters. The van der Waals surface area contributed by atoms with Crippen molar-refractivity contribution >= 4 is 49.7 Å². The van der Waals surface area contributed by atoms with E-state index >= 15 is 0 Å². The molecule has 0 saturated carbocycles. The molecule has 0 aliphatic rings. The summed E-state index contributed by atoms with van der Waals surface area (Å²) < 4.78 is 0. The average Bonchev–Trinajstić information content (AvgIpc) is 2.62. The molecule has 0 saturated heterocycles. The standard InChI is InChI=1S/2C6H12O7.Ca/c2*7-1-2(8)3(9)4(10)5(11)6(12)13;/h2*2-5,7-11H,1H2,(H,12,13);/q;;+2/p-2/t2*2-,3+,4-,5-;/m00./s1. The Labute approximate surface area is 182 Å². The van der Waals surface area contributed by atoms with Gasteiger partial charge in [-0.15, -0.1) is 0 Å². The predicted molar refractivity (Wildman–Crippen MR) is 78.0 cm³/mol. The molecular weight excluding hydrogens is 408 g/mol. The smallest absolute Gasteiger partial charge is 0.547 e. The van der Waals surface area contributed by atoms with Gasteiger partial charge >= 0.3 is 37.7 Å². The Morgan fingerprint density at radius 2 is 0.815 bits per heavy atom. The number of aliphatic carboxylic acids is 2. The van der Waals surface area contributed by atoms with Gasteiger partial charge < -0.3 is 70.9 Å². The van der Waals surface area contributed by atoms with Crippen LogP contribution >= 0.6 is 0 Å². The fourth-order valence-corrected chi connectivity index (χ4v) is 1.32.